The van der Waals surface area contributed by atoms with E-state index in [9.17, 15) is 4.79 Å². The Morgan fingerprint density at radius 1 is 1.24 bits per heavy atom. The number of nitrogens with zero attached hydrogens (tertiary/aromatic N) is 4. The van der Waals surface area contributed by atoms with Crippen LogP contribution >= 0.6 is 15.9 Å². The molecule has 0 saturated heterocycles. The molecule has 0 spiro atoms. The van der Waals surface area contributed by atoms with Gasteiger partial charge < -0.3 is 14.2 Å². The van der Waals surface area contributed by atoms with Gasteiger partial charge in [0.2, 0.25) is 5.75 Å². The zero-order chi connectivity index (χ0) is 21.0. The fourth-order valence-corrected chi connectivity index (χ4v) is 3.10. The van der Waals surface area contributed by atoms with Crippen LogP contribution in [0.1, 0.15) is 11.4 Å². The number of aryl methyl sites for hydroxylation is 1. The number of methoxy groups -OCH3 is 2. The van der Waals surface area contributed by atoms with Crippen LogP contribution in [0.15, 0.2) is 44.7 Å². The van der Waals surface area contributed by atoms with Gasteiger partial charge in [-0.1, -0.05) is 15.9 Å². The largest absolute Gasteiger partial charge is 0.493 e. The van der Waals surface area contributed by atoms with Crippen LogP contribution in [0.3, 0.4) is 0 Å². The van der Waals surface area contributed by atoms with Crippen molar-refractivity contribution in [1.82, 2.24) is 9.66 Å². The van der Waals surface area contributed by atoms with E-state index in [1.807, 2.05) is 12.1 Å². The lowest BCUT2D eigenvalue weighted by molar-refractivity contribution is 0.303. The number of halogens is 1. The molecule has 0 N–H and O–H groups in total. The van der Waals surface area contributed by atoms with E-state index in [4.69, 9.17) is 19.5 Å². The Balaban J connectivity index is 2.06. The summed E-state index contributed by atoms with van der Waals surface area (Å²) in [6, 6.07) is 10.6. The molecule has 1 aromatic heterocycles. The summed E-state index contributed by atoms with van der Waals surface area (Å²) in [6.45, 7) is 1.56. The molecular formula is C20H17BrN4O4. The first kappa shape index (κ1) is 20.4. The lowest BCUT2D eigenvalue weighted by Crippen LogP contribution is -2.20. The number of ether oxygens (including phenoxy) is 3. The summed E-state index contributed by atoms with van der Waals surface area (Å²) in [6.07, 6.45) is 1.50. The van der Waals surface area contributed by atoms with Crippen LogP contribution in [0.4, 0.5) is 0 Å². The highest BCUT2D eigenvalue weighted by atomic mass is 79.9. The summed E-state index contributed by atoms with van der Waals surface area (Å²) >= 11 is 3.37. The van der Waals surface area contributed by atoms with Crippen molar-refractivity contribution in [2.75, 3.05) is 20.8 Å². The molecular weight excluding hydrogens is 440 g/mol. The molecule has 0 bridgehead atoms. The normalized spacial score (nSPS) is 10.9. The van der Waals surface area contributed by atoms with Gasteiger partial charge in [-0.2, -0.15) is 15.0 Å². The Morgan fingerprint density at radius 2 is 1.93 bits per heavy atom. The number of benzene rings is 2. The molecule has 29 heavy (non-hydrogen) atoms. The van der Waals surface area contributed by atoms with Gasteiger partial charge in [0.1, 0.15) is 11.9 Å². The number of hydrogen-bond donors (Lipinski definition) is 0. The summed E-state index contributed by atoms with van der Waals surface area (Å²) in [4.78, 5) is 17.3. The molecule has 2 aromatic carbocycles. The third kappa shape index (κ3) is 4.22. The van der Waals surface area contributed by atoms with Crippen molar-refractivity contribution >= 4 is 33.0 Å². The van der Waals surface area contributed by atoms with Gasteiger partial charge in [-0.25, -0.2) is 4.98 Å². The van der Waals surface area contributed by atoms with Crippen LogP contribution < -0.4 is 19.8 Å². The SMILES string of the molecule is COc1cc(C=Nn2c(C)nc3ccc(Br)cc3c2=O)cc(OC)c1OCC#N. The van der Waals surface area contributed by atoms with E-state index in [2.05, 4.69) is 26.0 Å². The first-order chi connectivity index (χ1) is 14.0. The Labute approximate surface area is 175 Å². The van der Waals surface area contributed by atoms with Crippen molar-refractivity contribution in [1.29, 1.82) is 5.26 Å². The van der Waals surface area contributed by atoms with Crippen molar-refractivity contribution in [3.63, 3.8) is 0 Å². The highest BCUT2D eigenvalue weighted by Crippen LogP contribution is 2.38. The standard InChI is InChI=1S/C20H17BrN4O4/c1-12-24-16-5-4-14(21)10-15(16)20(26)25(12)23-11-13-8-17(27-2)19(29-7-6-22)18(9-13)28-3/h4-5,8-11H,7H2,1-3H3. The van der Waals surface area contributed by atoms with Gasteiger partial charge >= 0.3 is 0 Å². The first-order valence-electron chi connectivity index (χ1n) is 8.47. The van der Waals surface area contributed by atoms with Crippen LogP contribution in [0.2, 0.25) is 0 Å². The van der Waals surface area contributed by atoms with Gasteiger partial charge in [0.05, 0.1) is 31.3 Å². The summed E-state index contributed by atoms with van der Waals surface area (Å²) in [5.41, 5.74) is 0.936. The maximum atomic E-state index is 12.8. The molecule has 3 aromatic rings. The summed E-state index contributed by atoms with van der Waals surface area (Å²) in [5.74, 6) is 1.53. The van der Waals surface area contributed by atoms with Gasteiger partial charge in [0, 0.05) is 10.0 Å². The van der Waals surface area contributed by atoms with E-state index >= 15 is 0 Å². The molecule has 8 nitrogen and oxygen atoms in total. The summed E-state index contributed by atoms with van der Waals surface area (Å²) in [5, 5.41) is 13.5. The Hall–Kier alpha value is -3.38. The van der Waals surface area contributed by atoms with Gasteiger partial charge in [-0.15, -0.1) is 0 Å². The summed E-state index contributed by atoms with van der Waals surface area (Å²) in [7, 11) is 2.96. The van der Waals surface area contributed by atoms with Crippen LogP contribution in [-0.2, 0) is 0 Å². The fourth-order valence-electron chi connectivity index (χ4n) is 2.74. The molecule has 0 amide bonds. The fraction of sp³-hybridized carbons (Fsp3) is 0.200. The van der Waals surface area contributed by atoms with E-state index in [-0.39, 0.29) is 12.2 Å². The van der Waals surface area contributed by atoms with Crippen molar-refractivity contribution in [3.8, 4) is 23.3 Å². The predicted octanol–water partition coefficient (Wildman–Crippen LogP) is 3.27. The van der Waals surface area contributed by atoms with Crippen molar-refractivity contribution in [2.45, 2.75) is 6.92 Å². The first-order valence-corrected chi connectivity index (χ1v) is 9.26. The maximum Gasteiger partial charge on any atom is 0.282 e. The molecule has 0 fully saturated rings. The molecule has 148 valence electrons. The van der Waals surface area contributed by atoms with E-state index in [0.29, 0.717) is 39.5 Å². The molecule has 1 heterocycles. The number of nitriles is 1. The number of aromatic nitrogens is 2. The average Bonchev–Trinajstić information content (AvgIpc) is 2.72. The molecule has 0 aliphatic rings. The van der Waals surface area contributed by atoms with Crippen LogP contribution in [0, 0.1) is 18.3 Å². The van der Waals surface area contributed by atoms with E-state index in [0.717, 1.165) is 4.47 Å². The van der Waals surface area contributed by atoms with E-state index in [1.165, 1.54) is 25.1 Å². The molecule has 3 rings (SSSR count). The smallest absolute Gasteiger partial charge is 0.282 e. The quantitative estimate of drug-likeness (QED) is 0.527. The van der Waals surface area contributed by atoms with Crippen LogP contribution in [-0.4, -0.2) is 36.7 Å². The molecule has 0 aliphatic carbocycles. The summed E-state index contributed by atoms with van der Waals surface area (Å²) < 4.78 is 18.1. The minimum absolute atomic E-state index is 0.146. The zero-order valence-corrected chi connectivity index (χ0v) is 17.6. The molecule has 0 saturated carbocycles. The van der Waals surface area contributed by atoms with Crippen LogP contribution in [0.5, 0.6) is 17.2 Å². The van der Waals surface area contributed by atoms with Crippen molar-refractivity contribution < 1.29 is 14.2 Å². The maximum absolute atomic E-state index is 12.8. The predicted molar refractivity (Wildman–Crippen MR) is 112 cm³/mol. The van der Waals surface area contributed by atoms with E-state index < -0.39 is 0 Å². The number of fused-ring (bicyclic) bond motifs is 1. The Morgan fingerprint density at radius 3 is 2.55 bits per heavy atom. The second-order valence-electron chi connectivity index (χ2n) is 5.88. The molecule has 0 aliphatic heterocycles. The van der Waals surface area contributed by atoms with Crippen molar-refractivity contribution in [2.24, 2.45) is 5.10 Å². The van der Waals surface area contributed by atoms with E-state index in [1.54, 1.807) is 31.2 Å². The monoisotopic (exact) mass is 456 g/mol. The van der Waals surface area contributed by atoms with Gasteiger partial charge in [-0.3, -0.25) is 4.79 Å². The number of hydrogen-bond acceptors (Lipinski definition) is 7. The lowest BCUT2D eigenvalue weighted by Gasteiger charge is -2.13. The number of rotatable bonds is 6. The Bertz CT molecular complexity index is 1170. The van der Waals surface area contributed by atoms with Gasteiger partial charge in [-0.05, 0) is 37.3 Å². The minimum atomic E-state index is -0.280. The molecule has 0 atom stereocenters. The zero-order valence-electron chi connectivity index (χ0n) is 16.0. The molecule has 0 unspecified atom stereocenters. The third-order valence-electron chi connectivity index (χ3n) is 4.06. The lowest BCUT2D eigenvalue weighted by atomic mass is 10.2. The topological polar surface area (TPSA) is 98.7 Å². The van der Waals surface area contributed by atoms with Gasteiger partial charge in [0.25, 0.3) is 5.56 Å². The highest BCUT2D eigenvalue weighted by molar-refractivity contribution is 9.10. The highest BCUT2D eigenvalue weighted by Gasteiger charge is 2.14. The van der Waals surface area contributed by atoms with Crippen molar-refractivity contribution in [3.05, 3.63) is 56.5 Å². The minimum Gasteiger partial charge on any atom is -0.493 e. The second-order valence-corrected chi connectivity index (χ2v) is 6.80. The average molecular weight is 457 g/mol. The van der Waals surface area contributed by atoms with Crippen LogP contribution in [0.25, 0.3) is 10.9 Å². The second kappa shape index (κ2) is 8.75. The molecule has 9 heteroatoms. The molecule has 0 radical (unpaired) electrons. The van der Waals surface area contributed by atoms with Gasteiger partial charge in [0.15, 0.2) is 18.1 Å². The third-order valence-corrected chi connectivity index (χ3v) is 4.55. The Kier molecular flexibility index (Phi) is 6.14.